The lowest BCUT2D eigenvalue weighted by Crippen LogP contribution is -2.21. The van der Waals surface area contributed by atoms with Crippen LogP contribution < -0.4 is 5.32 Å². The maximum absolute atomic E-state index is 3.58. The summed E-state index contributed by atoms with van der Waals surface area (Å²) >= 11 is 5.44. The van der Waals surface area contributed by atoms with E-state index in [1.807, 2.05) is 11.3 Å². The highest BCUT2D eigenvalue weighted by Crippen LogP contribution is 2.31. The highest BCUT2D eigenvalue weighted by atomic mass is 79.9. The average Bonchev–Trinajstić information content (AvgIpc) is 2.59. The molecule has 1 aromatic carbocycles. The fourth-order valence-electron chi connectivity index (χ4n) is 1.47. The zero-order valence-electron chi connectivity index (χ0n) is 8.88. The van der Waals surface area contributed by atoms with Gasteiger partial charge in [-0.15, -0.1) is 11.3 Å². The number of rotatable bonds is 3. The Hall–Kier alpha value is -0.380. The molecule has 0 aliphatic heterocycles. The van der Waals surface area contributed by atoms with Crippen molar-refractivity contribution in [3.05, 3.63) is 33.6 Å². The third-order valence-corrected chi connectivity index (χ3v) is 4.04. The van der Waals surface area contributed by atoms with Gasteiger partial charge in [-0.3, -0.25) is 0 Å². The third-order valence-electron chi connectivity index (χ3n) is 2.24. The zero-order valence-corrected chi connectivity index (χ0v) is 11.3. The van der Waals surface area contributed by atoms with Crippen LogP contribution in [0.3, 0.4) is 0 Å². The van der Waals surface area contributed by atoms with Crippen LogP contribution in [0.1, 0.15) is 18.7 Å². The van der Waals surface area contributed by atoms with Crippen molar-refractivity contribution in [3.63, 3.8) is 0 Å². The largest absolute Gasteiger partial charge is 0.310 e. The lowest BCUT2D eigenvalue weighted by atomic mass is 10.2. The van der Waals surface area contributed by atoms with Crippen molar-refractivity contribution in [2.45, 2.75) is 26.4 Å². The van der Waals surface area contributed by atoms with Crippen LogP contribution in [0.4, 0.5) is 0 Å². The zero-order chi connectivity index (χ0) is 10.8. The summed E-state index contributed by atoms with van der Waals surface area (Å²) in [6.07, 6.45) is 0. The van der Waals surface area contributed by atoms with Gasteiger partial charge in [0.15, 0.2) is 0 Å². The molecule has 2 aromatic rings. The van der Waals surface area contributed by atoms with Crippen LogP contribution in [0, 0.1) is 0 Å². The minimum atomic E-state index is 0.540. The summed E-state index contributed by atoms with van der Waals surface area (Å²) in [4.78, 5) is 1.39. The Labute approximate surface area is 103 Å². The molecule has 0 atom stereocenters. The van der Waals surface area contributed by atoms with Crippen molar-refractivity contribution >= 4 is 37.4 Å². The second-order valence-electron chi connectivity index (χ2n) is 3.90. The summed E-state index contributed by atoms with van der Waals surface area (Å²) in [5.74, 6) is 0. The molecule has 0 bridgehead atoms. The van der Waals surface area contributed by atoms with Crippen LogP contribution in [0.5, 0.6) is 0 Å². The summed E-state index contributed by atoms with van der Waals surface area (Å²) in [5.41, 5.74) is 0. The van der Waals surface area contributed by atoms with Crippen LogP contribution in [-0.4, -0.2) is 6.04 Å². The van der Waals surface area contributed by atoms with E-state index < -0.39 is 0 Å². The molecule has 3 heteroatoms. The molecule has 0 aliphatic carbocycles. The molecule has 1 aromatic heterocycles. The lowest BCUT2D eigenvalue weighted by molar-refractivity contribution is 0.593. The van der Waals surface area contributed by atoms with Gasteiger partial charge in [0.05, 0.1) is 0 Å². The lowest BCUT2D eigenvalue weighted by Gasteiger charge is -2.04. The second-order valence-corrected chi connectivity index (χ2v) is 5.92. The van der Waals surface area contributed by atoms with E-state index in [1.54, 1.807) is 0 Å². The molecule has 0 saturated heterocycles. The Bertz CT molecular complexity index is 462. The maximum atomic E-state index is 3.58. The van der Waals surface area contributed by atoms with Crippen molar-refractivity contribution in [1.82, 2.24) is 5.32 Å². The van der Waals surface area contributed by atoms with E-state index in [2.05, 4.69) is 59.4 Å². The van der Waals surface area contributed by atoms with Crippen LogP contribution in [-0.2, 0) is 6.54 Å². The molecule has 1 N–H and O–H groups in total. The Morgan fingerprint density at radius 2 is 2.20 bits per heavy atom. The molecule has 0 unspecified atom stereocenters. The molecule has 15 heavy (non-hydrogen) atoms. The Kier molecular flexibility index (Phi) is 3.44. The molecule has 0 aliphatic rings. The van der Waals surface area contributed by atoms with Crippen molar-refractivity contribution in [1.29, 1.82) is 0 Å². The molecule has 0 radical (unpaired) electrons. The Morgan fingerprint density at radius 1 is 1.40 bits per heavy atom. The molecule has 80 valence electrons. The molecule has 0 spiro atoms. The topological polar surface area (TPSA) is 12.0 Å². The smallest absolute Gasteiger partial charge is 0.0357 e. The number of hydrogen-bond acceptors (Lipinski definition) is 2. The minimum Gasteiger partial charge on any atom is -0.310 e. The van der Waals surface area contributed by atoms with E-state index in [1.165, 1.54) is 19.4 Å². The number of nitrogens with one attached hydrogen (secondary N) is 1. The highest BCUT2D eigenvalue weighted by molar-refractivity contribution is 9.10. The standard InChI is InChI=1S/C12H14BrNS/c1-8(2)14-7-9-6-10-11(13)4-3-5-12(10)15-9/h3-6,8,14H,7H2,1-2H3. The summed E-state index contributed by atoms with van der Waals surface area (Å²) in [7, 11) is 0. The van der Waals surface area contributed by atoms with E-state index in [0.717, 1.165) is 6.54 Å². The first kappa shape index (κ1) is 11.1. The fourth-order valence-corrected chi connectivity index (χ4v) is 3.12. The molecule has 0 fully saturated rings. The van der Waals surface area contributed by atoms with Gasteiger partial charge in [0.25, 0.3) is 0 Å². The van der Waals surface area contributed by atoms with Crippen molar-refractivity contribution in [3.8, 4) is 0 Å². The quantitative estimate of drug-likeness (QED) is 0.892. The third kappa shape index (κ3) is 2.60. The first-order valence-electron chi connectivity index (χ1n) is 5.07. The maximum Gasteiger partial charge on any atom is 0.0357 e. The number of hydrogen-bond donors (Lipinski definition) is 1. The summed E-state index contributed by atoms with van der Waals surface area (Å²) in [6.45, 7) is 5.30. The predicted octanol–water partition coefficient (Wildman–Crippen LogP) is 4.16. The normalized spacial score (nSPS) is 11.5. The molecule has 2 rings (SSSR count). The Morgan fingerprint density at radius 3 is 2.87 bits per heavy atom. The van der Waals surface area contributed by atoms with Gasteiger partial charge in [0, 0.05) is 32.0 Å². The van der Waals surface area contributed by atoms with Gasteiger partial charge in [-0.2, -0.15) is 0 Å². The summed E-state index contributed by atoms with van der Waals surface area (Å²) < 4.78 is 2.54. The predicted molar refractivity (Wildman–Crippen MR) is 71.5 cm³/mol. The summed E-state index contributed by atoms with van der Waals surface area (Å²) in [5, 5.41) is 4.76. The van der Waals surface area contributed by atoms with Crippen molar-refractivity contribution in [2.75, 3.05) is 0 Å². The Balaban J connectivity index is 2.27. The van der Waals surface area contributed by atoms with Crippen LogP contribution in [0.25, 0.3) is 10.1 Å². The molecule has 1 heterocycles. The monoisotopic (exact) mass is 283 g/mol. The van der Waals surface area contributed by atoms with Gasteiger partial charge < -0.3 is 5.32 Å². The van der Waals surface area contributed by atoms with Gasteiger partial charge in [-0.1, -0.05) is 35.8 Å². The van der Waals surface area contributed by atoms with Crippen LogP contribution in [0.15, 0.2) is 28.7 Å². The highest BCUT2D eigenvalue weighted by Gasteiger charge is 2.04. The van der Waals surface area contributed by atoms with Crippen molar-refractivity contribution < 1.29 is 0 Å². The second kappa shape index (κ2) is 4.64. The van der Waals surface area contributed by atoms with Gasteiger partial charge in [-0.25, -0.2) is 0 Å². The van der Waals surface area contributed by atoms with E-state index in [4.69, 9.17) is 0 Å². The fraction of sp³-hybridized carbons (Fsp3) is 0.333. The van der Waals surface area contributed by atoms with Gasteiger partial charge in [0.1, 0.15) is 0 Å². The summed E-state index contributed by atoms with van der Waals surface area (Å²) in [6, 6.07) is 9.15. The van der Waals surface area contributed by atoms with Crippen molar-refractivity contribution in [2.24, 2.45) is 0 Å². The first-order valence-corrected chi connectivity index (χ1v) is 6.68. The first-order chi connectivity index (χ1) is 7.16. The SMILES string of the molecule is CC(C)NCc1cc2c(Br)cccc2s1. The number of halogens is 1. The van der Waals surface area contributed by atoms with E-state index in [9.17, 15) is 0 Å². The van der Waals surface area contributed by atoms with Crippen LogP contribution >= 0.6 is 27.3 Å². The number of benzene rings is 1. The van der Waals surface area contributed by atoms with Gasteiger partial charge >= 0.3 is 0 Å². The molecular weight excluding hydrogens is 270 g/mol. The van der Waals surface area contributed by atoms with Gasteiger partial charge in [0.2, 0.25) is 0 Å². The van der Waals surface area contributed by atoms with Gasteiger partial charge in [-0.05, 0) is 18.2 Å². The van der Waals surface area contributed by atoms with E-state index in [-0.39, 0.29) is 0 Å². The average molecular weight is 284 g/mol. The molecule has 0 saturated carbocycles. The molecule has 0 amide bonds. The van der Waals surface area contributed by atoms with E-state index in [0.29, 0.717) is 6.04 Å². The molecule has 1 nitrogen and oxygen atoms in total. The molecular formula is C12H14BrNS. The number of thiophene rings is 1. The minimum absolute atomic E-state index is 0.540. The van der Waals surface area contributed by atoms with Crippen LogP contribution in [0.2, 0.25) is 0 Å². The van der Waals surface area contributed by atoms with E-state index >= 15 is 0 Å². The number of fused-ring (bicyclic) bond motifs is 1.